The Hall–Kier alpha value is -4.27. The van der Waals surface area contributed by atoms with E-state index in [0.29, 0.717) is 22.9 Å². The highest BCUT2D eigenvalue weighted by molar-refractivity contribution is 5.98. The molecule has 3 aromatic rings. The average Bonchev–Trinajstić information content (AvgIpc) is 3.44. The molecule has 2 aliphatic rings. The van der Waals surface area contributed by atoms with Crippen LogP contribution in [0.2, 0.25) is 0 Å². The highest BCUT2D eigenvalue weighted by atomic mass is 19.3. The third-order valence-corrected chi connectivity index (χ3v) is 6.26. The minimum atomic E-state index is -2.90. The summed E-state index contributed by atoms with van der Waals surface area (Å²) < 4.78 is 41.6. The number of fused-ring (bicyclic) bond motifs is 1. The second-order valence-corrected chi connectivity index (χ2v) is 9.90. The van der Waals surface area contributed by atoms with Gasteiger partial charge in [0.25, 0.3) is 0 Å². The number of urea groups is 1. The van der Waals surface area contributed by atoms with Crippen LogP contribution in [0.1, 0.15) is 50.3 Å². The molecule has 0 saturated heterocycles. The first-order valence-electron chi connectivity index (χ1n) is 12.3. The van der Waals surface area contributed by atoms with Gasteiger partial charge in [0.05, 0.1) is 12.2 Å². The molecular formula is C29H29F2N3O4. The number of hydrogen-bond donors (Lipinski definition) is 2. The number of carbonyl (C=O) groups excluding carboxylic acids is 1. The van der Waals surface area contributed by atoms with Crippen LogP contribution in [0, 0.1) is 0 Å². The lowest BCUT2D eigenvalue weighted by molar-refractivity contribution is -0.0499. The molecule has 0 bridgehead atoms. The van der Waals surface area contributed by atoms with Gasteiger partial charge in [-0.1, -0.05) is 44.2 Å². The molecule has 0 aromatic heterocycles. The summed E-state index contributed by atoms with van der Waals surface area (Å²) in [5, 5.41) is 4.45. The Morgan fingerprint density at radius 2 is 1.74 bits per heavy atom. The number of carbonyl (C=O) groups is 1. The lowest BCUT2D eigenvalue weighted by Gasteiger charge is -2.20. The Labute approximate surface area is 220 Å². The van der Waals surface area contributed by atoms with E-state index in [2.05, 4.69) is 29.3 Å². The fourth-order valence-corrected chi connectivity index (χ4v) is 4.55. The summed E-state index contributed by atoms with van der Waals surface area (Å²) in [4.78, 5) is 13.4. The van der Waals surface area contributed by atoms with Gasteiger partial charge in [-0.2, -0.15) is 8.78 Å². The molecule has 0 aliphatic carbocycles. The number of ether oxygens (including phenoxy) is 3. The SMILES string of the molecule is CC(C)c1cc(NC(=O)N2CC(c3ccccc3)=C(c3ccc(OC(F)F)cc3)N2)cc2c1OC(C)(C)O2. The monoisotopic (exact) mass is 521 g/mol. The van der Waals surface area contributed by atoms with E-state index in [1.54, 1.807) is 18.2 Å². The summed E-state index contributed by atoms with van der Waals surface area (Å²) in [5.74, 6) is 0.700. The Bertz CT molecular complexity index is 1370. The van der Waals surface area contributed by atoms with E-state index in [1.807, 2.05) is 50.2 Å². The highest BCUT2D eigenvalue weighted by Gasteiger charge is 2.35. The molecule has 2 aliphatic heterocycles. The van der Waals surface area contributed by atoms with Crippen LogP contribution in [0.4, 0.5) is 19.3 Å². The topological polar surface area (TPSA) is 72.1 Å². The van der Waals surface area contributed by atoms with Crippen LogP contribution in [0.25, 0.3) is 11.3 Å². The fraction of sp³-hybridized carbons (Fsp3) is 0.276. The number of rotatable bonds is 6. The van der Waals surface area contributed by atoms with Crippen molar-refractivity contribution in [2.75, 3.05) is 11.9 Å². The molecule has 0 atom stereocenters. The lowest BCUT2D eigenvalue weighted by Crippen LogP contribution is -2.40. The molecule has 3 aromatic carbocycles. The summed E-state index contributed by atoms with van der Waals surface area (Å²) in [6.45, 7) is 5.18. The molecule has 2 heterocycles. The van der Waals surface area contributed by atoms with E-state index >= 15 is 0 Å². The molecular weight excluding hydrogens is 492 g/mol. The Balaban J connectivity index is 1.40. The van der Waals surface area contributed by atoms with E-state index in [4.69, 9.17) is 9.47 Å². The Morgan fingerprint density at radius 3 is 2.39 bits per heavy atom. The van der Waals surface area contributed by atoms with E-state index in [1.165, 1.54) is 17.1 Å². The minimum absolute atomic E-state index is 0.0603. The molecule has 0 fully saturated rings. The molecule has 9 heteroatoms. The Kier molecular flexibility index (Phi) is 6.60. The first kappa shape index (κ1) is 25.4. The quantitative estimate of drug-likeness (QED) is 0.372. The molecule has 5 rings (SSSR count). The van der Waals surface area contributed by atoms with E-state index in [0.717, 1.165) is 22.3 Å². The fourth-order valence-electron chi connectivity index (χ4n) is 4.55. The summed E-state index contributed by atoms with van der Waals surface area (Å²) in [6.07, 6.45) is 0. The van der Waals surface area contributed by atoms with Gasteiger partial charge >= 0.3 is 12.6 Å². The number of benzene rings is 3. The predicted octanol–water partition coefficient (Wildman–Crippen LogP) is 6.84. The van der Waals surface area contributed by atoms with Gasteiger partial charge in [-0.25, -0.2) is 9.80 Å². The maximum absolute atomic E-state index is 13.4. The number of anilines is 1. The molecule has 2 N–H and O–H groups in total. The zero-order valence-corrected chi connectivity index (χ0v) is 21.5. The van der Waals surface area contributed by atoms with Gasteiger partial charge in [-0.3, -0.25) is 5.43 Å². The summed E-state index contributed by atoms with van der Waals surface area (Å²) in [6, 6.07) is 19.3. The van der Waals surface area contributed by atoms with Gasteiger partial charge in [0.2, 0.25) is 5.79 Å². The highest BCUT2D eigenvalue weighted by Crippen LogP contribution is 2.46. The van der Waals surface area contributed by atoms with Crippen molar-refractivity contribution in [1.29, 1.82) is 0 Å². The van der Waals surface area contributed by atoms with Crippen molar-refractivity contribution in [3.63, 3.8) is 0 Å². The summed E-state index contributed by atoms with van der Waals surface area (Å²) in [7, 11) is 0. The minimum Gasteiger partial charge on any atom is -0.449 e. The standard InChI is InChI=1S/C29H29F2N3O4/c1-17(2)22-14-20(15-24-26(22)38-29(3,4)37-24)32-28(35)34-16-23(18-8-6-5-7-9-18)25(33-34)19-10-12-21(13-11-19)36-27(30)31/h5-15,17,27,33H,16H2,1-4H3,(H,32,35). The van der Waals surface area contributed by atoms with Gasteiger partial charge in [0.1, 0.15) is 5.75 Å². The molecule has 0 saturated carbocycles. The van der Waals surface area contributed by atoms with Crippen LogP contribution >= 0.6 is 0 Å². The smallest absolute Gasteiger partial charge is 0.387 e. The average molecular weight is 522 g/mol. The van der Waals surface area contributed by atoms with Crippen molar-refractivity contribution >= 4 is 23.0 Å². The number of nitrogens with one attached hydrogen (secondary N) is 2. The molecule has 0 spiro atoms. The molecule has 38 heavy (non-hydrogen) atoms. The summed E-state index contributed by atoms with van der Waals surface area (Å²) >= 11 is 0. The third-order valence-electron chi connectivity index (χ3n) is 6.26. The van der Waals surface area contributed by atoms with E-state index in [9.17, 15) is 13.6 Å². The molecule has 0 unspecified atom stereocenters. The largest absolute Gasteiger partial charge is 0.449 e. The summed E-state index contributed by atoms with van der Waals surface area (Å²) in [5.41, 5.74) is 7.97. The van der Waals surface area contributed by atoms with Gasteiger partial charge in [0, 0.05) is 42.3 Å². The predicted molar refractivity (Wildman–Crippen MR) is 141 cm³/mol. The van der Waals surface area contributed by atoms with Crippen molar-refractivity contribution < 1.29 is 27.8 Å². The van der Waals surface area contributed by atoms with Gasteiger partial charge in [0.15, 0.2) is 11.5 Å². The maximum Gasteiger partial charge on any atom is 0.387 e. The van der Waals surface area contributed by atoms with Crippen molar-refractivity contribution in [1.82, 2.24) is 10.4 Å². The number of amides is 2. The van der Waals surface area contributed by atoms with E-state index < -0.39 is 12.4 Å². The van der Waals surface area contributed by atoms with Crippen LogP contribution < -0.4 is 25.0 Å². The second kappa shape index (κ2) is 9.89. The van der Waals surface area contributed by atoms with Crippen LogP contribution in [-0.4, -0.2) is 30.0 Å². The van der Waals surface area contributed by atoms with Crippen molar-refractivity contribution in [3.8, 4) is 17.2 Å². The molecule has 2 amide bonds. The number of hydrazine groups is 1. The van der Waals surface area contributed by atoms with Crippen LogP contribution in [0.15, 0.2) is 66.7 Å². The van der Waals surface area contributed by atoms with Crippen molar-refractivity contribution in [2.45, 2.75) is 46.0 Å². The van der Waals surface area contributed by atoms with E-state index in [-0.39, 0.29) is 24.2 Å². The van der Waals surface area contributed by atoms with Crippen LogP contribution in [0.5, 0.6) is 17.2 Å². The zero-order chi connectivity index (χ0) is 27.0. The van der Waals surface area contributed by atoms with Gasteiger partial charge < -0.3 is 19.5 Å². The number of nitrogens with zero attached hydrogens (tertiary/aromatic N) is 1. The first-order chi connectivity index (χ1) is 18.1. The van der Waals surface area contributed by atoms with Gasteiger partial charge in [-0.15, -0.1) is 0 Å². The van der Waals surface area contributed by atoms with Crippen LogP contribution in [-0.2, 0) is 0 Å². The van der Waals surface area contributed by atoms with Gasteiger partial charge in [-0.05, 0) is 41.8 Å². The molecule has 198 valence electrons. The first-order valence-corrected chi connectivity index (χ1v) is 12.3. The third kappa shape index (κ3) is 5.22. The lowest BCUT2D eigenvalue weighted by atomic mass is 10.0. The molecule has 7 nitrogen and oxygen atoms in total. The van der Waals surface area contributed by atoms with Crippen molar-refractivity contribution in [3.05, 3.63) is 83.4 Å². The maximum atomic E-state index is 13.4. The Morgan fingerprint density at radius 1 is 1.03 bits per heavy atom. The molecule has 0 radical (unpaired) electrons. The van der Waals surface area contributed by atoms with Crippen LogP contribution in [0.3, 0.4) is 0 Å². The normalized spacial score (nSPS) is 15.7. The zero-order valence-electron chi connectivity index (χ0n) is 21.5. The van der Waals surface area contributed by atoms with Crippen molar-refractivity contribution in [2.24, 2.45) is 0 Å². The number of halogens is 2. The number of hydrogen-bond acceptors (Lipinski definition) is 5. The second-order valence-electron chi connectivity index (χ2n) is 9.90. The number of alkyl halides is 2.